The number of fused-ring (bicyclic) bond motifs is 1. The van der Waals surface area contributed by atoms with Crippen LogP contribution in [-0.2, 0) is 6.54 Å². The monoisotopic (exact) mass is 305 g/mol. The fraction of sp³-hybridized carbons (Fsp3) is 0.111. The van der Waals surface area contributed by atoms with Crippen molar-refractivity contribution in [1.29, 1.82) is 0 Å². The summed E-state index contributed by atoms with van der Waals surface area (Å²) >= 11 is 0. The van der Waals surface area contributed by atoms with E-state index in [1.165, 1.54) is 0 Å². The van der Waals surface area contributed by atoms with Crippen molar-refractivity contribution in [3.63, 3.8) is 0 Å². The van der Waals surface area contributed by atoms with Crippen LogP contribution in [0.15, 0.2) is 71.5 Å². The normalized spacial score (nSPS) is 16.8. The van der Waals surface area contributed by atoms with Crippen LogP contribution in [0.1, 0.15) is 28.0 Å². The standard InChI is InChI=1S/C18H15N3O2/c22-18-14-7-1-2-8-15(14)20-17(16-9-3-4-10-19-16)21(18)12-13-6-5-11-23-13/h1-11,17,20H,12H2/t17-/m0/s1. The third-order valence-electron chi connectivity index (χ3n) is 3.90. The summed E-state index contributed by atoms with van der Waals surface area (Å²) in [6.07, 6.45) is 3.01. The van der Waals surface area contributed by atoms with Gasteiger partial charge in [0.1, 0.15) is 11.9 Å². The molecule has 0 radical (unpaired) electrons. The molecule has 1 atom stereocenters. The molecule has 0 unspecified atom stereocenters. The van der Waals surface area contributed by atoms with Crippen LogP contribution in [0.5, 0.6) is 0 Å². The highest BCUT2D eigenvalue weighted by Gasteiger charge is 2.33. The molecule has 1 aliphatic rings. The highest BCUT2D eigenvalue weighted by Crippen LogP contribution is 2.33. The molecule has 1 amide bonds. The fourth-order valence-corrected chi connectivity index (χ4v) is 2.80. The number of nitrogens with one attached hydrogen (secondary N) is 1. The molecule has 2 aromatic heterocycles. The second-order valence-electron chi connectivity index (χ2n) is 5.36. The van der Waals surface area contributed by atoms with Gasteiger partial charge in [-0.15, -0.1) is 0 Å². The number of aromatic nitrogens is 1. The number of para-hydroxylation sites is 1. The lowest BCUT2D eigenvalue weighted by Crippen LogP contribution is -2.42. The van der Waals surface area contributed by atoms with Crippen molar-refractivity contribution in [2.45, 2.75) is 12.7 Å². The molecular formula is C18H15N3O2. The van der Waals surface area contributed by atoms with Crippen LogP contribution < -0.4 is 5.32 Å². The molecule has 1 N–H and O–H groups in total. The lowest BCUT2D eigenvalue weighted by molar-refractivity contribution is 0.0647. The van der Waals surface area contributed by atoms with Gasteiger partial charge in [-0.1, -0.05) is 18.2 Å². The van der Waals surface area contributed by atoms with E-state index in [0.29, 0.717) is 12.1 Å². The van der Waals surface area contributed by atoms with E-state index in [1.807, 2.05) is 54.6 Å². The number of furan rings is 1. The number of rotatable bonds is 3. The average molecular weight is 305 g/mol. The van der Waals surface area contributed by atoms with E-state index in [-0.39, 0.29) is 12.1 Å². The van der Waals surface area contributed by atoms with Gasteiger partial charge in [0, 0.05) is 11.9 Å². The minimum atomic E-state index is -0.330. The molecule has 4 rings (SSSR count). The Bertz CT molecular complexity index is 815. The number of benzene rings is 1. The Morgan fingerprint density at radius 2 is 1.96 bits per heavy atom. The first-order valence-electron chi connectivity index (χ1n) is 7.43. The quantitative estimate of drug-likeness (QED) is 0.805. The van der Waals surface area contributed by atoms with Crippen LogP contribution in [0.3, 0.4) is 0 Å². The van der Waals surface area contributed by atoms with Gasteiger partial charge in [0.2, 0.25) is 0 Å². The van der Waals surface area contributed by atoms with Crippen molar-refractivity contribution in [3.05, 3.63) is 84.1 Å². The summed E-state index contributed by atoms with van der Waals surface area (Å²) in [5, 5.41) is 3.41. The molecule has 0 bridgehead atoms. The second kappa shape index (κ2) is 5.61. The molecule has 0 aliphatic carbocycles. The molecule has 3 heterocycles. The third kappa shape index (κ3) is 2.46. The predicted octanol–water partition coefficient (Wildman–Crippen LogP) is 3.44. The molecule has 1 aromatic carbocycles. The van der Waals surface area contributed by atoms with Crippen molar-refractivity contribution in [2.75, 3.05) is 5.32 Å². The number of hydrogen-bond donors (Lipinski definition) is 1. The number of amides is 1. The Balaban J connectivity index is 1.76. The first kappa shape index (κ1) is 13.6. The van der Waals surface area contributed by atoms with Crippen molar-refractivity contribution in [1.82, 2.24) is 9.88 Å². The summed E-state index contributed by atoms with van der Waals surface area (Å²) in [6, 6.07) is 16.9. The molecule has 5 heteroatoms. The first-order valence-corrected chi connectivity index (χ1v) is 7.43. The zero-order valence-electron chi connectivity index (χ0n) is 12.3. The Labute approximate surface area is 133 Å². The highest BCUT2D eigenvalue weighted by atomic mass is 16.3. The van der Waals surface area contributed by atoms with Crippen LogP contribution in [0.2, 0.25) is 0 Å². The van der Waals surface area contributed by atoms with Crippen LogP contribution in [0.25, 0.3) is 0 Å². The summed E-state index contributed by atoms with van der Waals surface area (Å²) in [4.78, 5) is 19.1. The summed E-state index contributed by atoms with van der Waals surface area (Å²) in [5.41, 5.74) is 2.27. The highest BCUT2D eigenvalue weighted by molar-refractivity contribution is 6.01. The Kier molecular flexibility index (Phi) is 3.31. The van der Waals surface area contributed by atoms with Gasteiger partial charge in [-0.25, -0.2) is 0 Å². The van der Waals surface area contributed by atoms with Crippen molar-refractivity contribution in [3.8, 4) is 0 Å². The van der Waals surface area contributed by atoms with E-state index in [4.69, 9.17) is 4.42 Å². The zero-order chi connectivity index (χ0) is 15.6. The van der Waals surface area contributed by atoms with Gasteiger partial charge >= 0.3 is 0 Å². The first-order chi connectivity index (χ1) is 11.3. The number of carbonyl (C=O) groups is 1. The van der Waals surface area contributed by atoms with Gasteiger partial charge < -0.3 is 14.6 Å². The SMILES string of the molecule is O=C1c2ccccc2N[C@H](c2ccccn2)N1Cc1ccco1. The number of nitrogens with zero attached hydrogens (tertiary/aromatic N) is 2. The van der Waals surface area contributed by atoms with Crippen molar-refractivity contribution in [2.24, 2.45) is 0 Å². The molecule has 0 fully saturated rings. The maximum absolute atomic E-state index is 12.9. The molecule has 1 aliphatic heterocycles. The number of hydrogen-bond acceptors (Lipinski definition) is 4. The minimum absolute atomic E-state index is 0.0357. The van der Waals surface area contributed by atoms with Crippen LogP contribution in [0, 0.1) is 0 Å². The topological polar surface area (TPSA) is 58.4 Å². The molecular weight excluding hydrogens is 290 g/mol. The summed E-state index contributed by atoms with van der Waals surface area (Å²) in [7, 11) is 0. The summed E-state index contributed by atoms with van der Waals surface area (Å²) in [5.74, 6) is 0.701. The van der Waals surface area contributed by atoms with Gasteiger partial charge in [0.15, 0.2) is 0 Å². The Morgan fingerprint density at radius 3 is 2.74 bits per heavy atom. The van der Waals surface area contributed by atoms with E-state index in [1.54, 1.807) is 17.4 Å². The van der Waals surface area contributed by atoms with E-state index in [0.717, 1.165) is 17.1 Å². The average Bonchev–Trinajstić information content (AvgIpc) is 3.11. The zero-order valence-corrected chi connectivity index (χ0v) is 12.3. The molecule has 0 spiro atoms. The van der Waals surface area contributed by atoms with E-state index in [2.05, 4.69) is 10.3 Å². The molecule has 3 aromatic rings. The van der Waals surface area contributed by atoms with Crippen LogP contribution >= 0.6 is 0 Å². The Hall–Kier alpha value is -3.08. The van der Waals surface area contributed by atoms with Gasteiger partial charge in [-0.05, 0) is 36.4 Å². The molecule has 5 nitrogen and oxygen atoms in total. The Morgan fingerprint density at radius 1 is 1.09 bits per heavy atom. The summed E-state index contributed by atoms with van der Waals surface area (Å²) in [6.45, 7) is 0.383. The molecule has 114 valence electrons. The molecule has 0 saturated heterocycles. The van der Waals surface area contributed by atoms with E-state index < -0.39 is 0 Å². The summed E-state index contributed by atoms with van der Waals surface area (Å²) < 4.78 is 5.41. The fourth-order valence-electron chi connectivity index (χ4n) is 2.80. The van der Waals surface area contributed by atoms with Gasteiger partial charge in [-0.3, -0.25) is 9.78 Å². The smallest absolute Gasteiger partial charge is 0.258 e. The van der Waals surface area contributed by atoms with Gasteiger partial charge in [0.25, 0.3) is 5.91 Å². The minimum Gasteiger partial charge on any atom is -0.467 e. The number of pyridine rings is 1. The third-order valence-corrected chi connectivity index (χ3v) is 3.90. The second-order valence-corrected chi connectivity index (χ2v) is 5.36. The van der Waals surface area contributed by atoms with E-state index in [9.17, 15) is 4.79 Å². The number of carbonyl (C=O) groups excluding carboxylic acids is 1. The maximum Gasteiger partial charge on any atom is 0.258 e. The molecule has 0 saturated carbocycles. The molecule has 23 heavy (non-hydrogen) atoms. The maximum atomic E-state index is 12.9. The van der Waals surface area contributed by atoms with Crippen molar-refractivity contribution >= 4 is 11.6 Å². The van der Waals surface area contributed by atoms with E-state index >= 15 is 0 Å². The lowest BCUT2D eigenvalue weighted by Gasteiger charge is -2.37. The van der Waals surface area contributed by atoms with Gasteiger partial charge in [-0.2, -0.15) is 0 Å². The van der Waals surface area contributed by atoms with Crippen LogP contribution in [-0.4, -0.2) is 15.8 Å². The van der Waals surface area contributed by atoms with Crippen molar-refractivity contribution < 1.29 is 9.21 Å². The number of anilines is 1. The van der Waals surface area contributed by atoms with Gasteiger partial charge in [0.05, 0.1) is 24.1 Å². The lowest BCUT2D eigenvalue weighted by atomic mass is 10.1. The largest absolute Gasteiger partial charge is 0.467 e. The van der Waals surface area contributed by atoms with Crippen LogP contribution in [0.4, 0.5) is 5.69 Å². The predicted molar refractivity (Wildman–Crippen MR) is 85.6 cm³/mol.